The third-order valence-electron chi connectivity index (χ3n) is 5.57. The second-order valence-electron chi connectivity index (χ2n) is 7.99. The van der Waals surface area contributed by atoms with Crippen LogP contribution < -0.4 is 4.74 Å². The van der Waals surface area contributed by atoms with Crippen LogP contribution in [0.1, 0.15) is 29.5 Å². The van der Waals surface area contributed by atoms with E-state index in [9.17, 15) is 4.79 Å². The van der Waals surface area contributed by atoms with E-state index in [1.165, 1.54) is 11.1 Å². The predicted molar refractivity (Wildman–Crippen MR) is 120 cm³/mol. The van der Waals surface area contributed by atoms with Gasteiger partial charge in [-0.15, -0.1) is 0 Å². The van der Waals surface area contributed by atoms with E-state index >= 15 is 0 Å². The number of aromatic nitrogens is 1. The fourth-order valence-electron chi connectivity index (χ4n) is 3.74. The molecule has 1 aliphatic rings. The highest BCUT2D eigenvalue weighted by Crippen LogP contribution is 2.25. The van der Waals surface area contributed by atoms with Gasteiger partial charge in [0.1, 0.15) is 11.5 Å². The van der Waals surface area contributed by atoms with Gasteiger partial charge in [-0.05, 0) is 50.6 Å². The number of hydrogen-bond donors (Lipinski definition) is 0. The van der Waals surface area contributed by atoms with Crippen molar-refractivity contribution in [3.8, 4) is 17.2 Å². The molecular formula is C25H29N3O3. The van der Waals surface area contributed by atoms with Crippen LogP contribution >= 0.6 is 0 Å². The number of benzene rings is 2. The van der Waals surface area contributed by atoms with Gasteiger partial charge < -0.3 is 14.1 Å². The summed E-state index contributed by atoms with van der Waals surface area (Å²) in [5.74, 6) is 2.37. The summed E-state index contributed by atoms with van der Waals surface area (Å²) in [6.07, 6.45) is 0. The molecular weight excluding hydrogens is 390 g/mol. The molecule has 2 heterocycles. The van der Waals surface area contributed by atoms with E-state index in [4.69, 9.17) is 14.1 Å². The lowest BCUT2D eigenvalue weighted by molar-refractivity contribution is -0.136. The summed E-state index contributed by atoms with van der Waals surface area (Å²) in [6, 6.07) is 16.1. The Hall–Kier alpha value is -3.12. The van der Waals surface area contributed by atoms with Crippen molar-refractivity contribution in [3.05, 3.63) is 71.1 Å². The van der Waals surface area contributed by atoms with Gasteiger partial charge in [-0.3, -0.25) is 9.69 Å². The molecule has 1 aromatic heterocycles. The number of amides is 1. The maximum atomic E-state index is 12.7. The summed E-state index contributed by atoms with van der Waals surface area (Å²) < 4.78 is 11.4. The molecule has 3 aromatic rings. The Morgan fingerprint density at radius 3 is 2.42 bits per heavy atom. The van der Waals surface area contributed by atoms with Crippen LogP contribution in [0.25, 0.3) is 11.5 Å². The van der Waals surface area contributed by atoms with Crippen molar-refractivity contribution < 1.29 is 13.9 Å². The van der Waals surface area contributed by atoms with Crippen molar-refractivity contribution in [1.29, 1.82) is 0 Å². The van der Waals surface area contributed by atoms with E-state index < -0.39 is 0 Å². The maximum absolute atomic E-state index is 12.7. The first-order valence-electron chi connectivity index (χ1n) is 10.8. The van der Waals surface area contributed by atoms with Crippen LogP contribution in [-0.4, -0.2) is 46.9 Å². The highest BCUT2D eigenvalue weighted by atomic mass is 16.5. The molecule has 4 rings (SSSR count). The van der Waals surface area contributed by atoms with Crippen LogP contribution in [0.2, 0.25) is 0 Å². The zero-order valence-electron chi connectivity index (χ0n) is 18.4. The second kappa shape index (κ2) is 9.35. The topological polar surface area (TPSA) is 58.8 Å². The van der Waals surface area contributed by atoms with Gasteiger partial charge in [0.15, 0.2) is 0 Å². The smallest absolute Gasteiger partial charge is 0.237 e. The summed E-state index contributed by atoms with van der Waals surface area (Å²) in [5, 5.41) is 0. The molecule has 0 saturated carbocycles. The molecule has 2 aromatic carbocycles. The van der Waals surface area contributed by atoms with Crippen LogP contribution in [0.3, 0.4) is 0 Å². The summed E-state index contributed by atoms with van der Waals surface area (Å²) in [4.78, 5) is 21.5. The Kier molecular flexibility index (Phi) is 6.37. The zero-order valence-corrected chi connectivity index (χ0v) is 18.4. The molecule has 0 radical (unpaired) electrons. The Labute approximate surface area is 183 Å². The minimum Gasteiger partial charge on any atom is -0.494 e. The average molecular weight is 420 g/mol. The van der Waals surface area contributed by atoms with Crippen molar-refractivity contribution in [3.63, 3.8) is 0 Å². The number of aryl methyl sites for hydroxylation is 2. The Bertz CT molecular complexity index is 1030. The number of oxazole rings is 1. The van der Waals surface area contributed by atoms with E-state index in [2.05, 4.69) is 36.1 Å². The molecule has 6 nitrogen and oxygen atoms in total. The number of rotatable bonds is 7. The summed E-state index contributed by atoms with van der Waals surface area (Å²) in [5.41, 5.74) is 4.19. The molecule has 1 amide bonds. The van der Waals surface area contributed by atoms with E-state index in [-0.39, 0.29) is 5.91 Å². The van der Waals surface area contributed by atoms with E-state index in [0.717, 1.165) is 35.9 Å². The van der Waals surface area contributed by atoms with Crippen LogP contribution in [0.5, 0.6) is 5.75 Å². The summed E-state index contributed by atoms with van der Waals surface area (Å²) in [6.45, 7) is 9.81. The van der Waals surface area contributed by atoms with Gasteiger partial charge in [0, 0.05) is 31.7 Å². The lowest BCUT2D eigenvalue weighted by atomic mass is 10.1. The van der Waals surface area contributed by atoms with Gasteiger partial charge in [-0.25, -0.2) is 4.98 Å². The number of nitrogens with zero attached hydrogens (tertiary/aromatic N) is 3. The van der Waals surface area contributed by atoms with Gasteiger partial charge in [0.25, 0.3) is 0 Å². The molecule has 0 bridgehead atoms. The van der Waals surface area contributed by atoms with Gasteiger partial charge in [-0.2, -0.15) is 0 Å². The number of ether oxygens (including phenoxy) is 1. The van der Waals surface area contributed by atoms with Crippen LogP contribution in [0.15, 0.2) is 52.9 Å². The number of carbonyl (C=O) groups excluding carboxylic acids is 1. The molecule has 1 aliphatic heterocycles. The molecule has 6 heteroatoms. The van der Waals surface area contributed by atoms with Gasteiger partial charge in [0.2, 0.25) is 11.8 Å². The van der Waals surface area contributed by atoms with Crippen molar-refractivity contribution >= 4 is 5.91 Å². The minimum absolute atomic E-state index is 0.153. The first kappa shape index (κ1) is 21.1. The highest BCUT2D eigenvalue weighted by Gasteiger charge is 2.25. The number of hydrogen-bond acceptors (Lipinski definition) is 5. The van der Waals surface area contributed by atoms with Crippen molar-refractivity contribution in [2.75, 3.05) is 26.2 Å². The number of carbonyl (C=O) groups is 1. The highest BCUT2D eigenvalue weighted by molar-refractivity contribution is 5.79. The Morgan fingerprint density at radius 2 is 1.74 bits per heavy atom. The third kappa shape index (κ3) is 5.14. The van der Waals surface area contributed by atoms with E-state index in [1.54, 1.807) is 0 Å². The van der Waals surface area contributed by atoms with E-state index in [0.29, 0.717) is 32.1 Å². The predicted octanol–water partition coefficient (Wildman–Crippen LogP) is 4.20. The molecule has 0 N–H and O–H groups in total. The first-order valence-corrected chi connectivity index (χ1v) is 10.8. The lowest BCUT2D eigenvalue weighted by Gasteiger charge is -2.34. The third-order valence-corrected chi connectivity index (χ3v) is 5.57. The molecule has 0 atom stereocenters. The fraction of sp³-hybridized carbons (Fsp3) is 0.360. The second-order valence-corrected chi connectivity index (χ2v) is 7.99. The monoisotopic (exact) mass is 419 g/mol. The largest absolute Gasteiger partial charge is 0.494 e. The minimum atomic E-state index is 0.153. The van der Waals surface area contributed by atoms with Crippen LogP contribution in [0.4, 0.5) is 0 Å². The van der Waals surface area contributed by atoms with Gasteiger partial charge in [0.05, 0.1) is 18.8 Å². The molecule has 162 valence electrons. The Morgan fingerprint density at radius 1 is 1.00 bits per heavy atom. The SMILES string of the molecule is CCOc1ccc(-c2nc(CN3CCN(Cc4ccc(C)cc4)C(=O)C3)c(C)o2)cc1. The summed E-state index contributed by atoms with van der Waals surface area (Å²) >= 11 is 0. The molecule has 1 fully saturated rings. The average Bonchev–Trinajstić information content (AvgIpc) is 3.12. The van der Waals surface area contributed by atoms with Crippen molar-refractivity contribution in [1.82, 2.24) is 14.8 Å². The standard InChI is InChI=1S/C25H29N3O3/c1-4-30-22-11-9-21(10-12-22)25-26-23(19(3)31-25)16-27-13-14-28(24(29)17-27)15-20-7-5-18(2)6-8-20/h5-12H,4,13-17H2,1-3H3. The summed E-state index contributed by atoms with van der Waals surface area (Å²) in [7, 11) is 0. The van der Waals surface area contributed by atoms with Crippen LogP contribution in [0, 0.1) is 13.8 Å². The zero-order chi connectivity index (χ0) is 21.8. The normalized spacial score (nSPS) is 14.8. The molecule has 0 spiro atoms. The molecule has 0 unspecified atom stereocenters. The van der Waals surface area contributed by atoms with E-state index in [1.807, 2.05) is 43.0 Å². The molecule has 1 saturated heterocycles. The maximum Gasteiger partial charge on any atom is 0.237 e. The molecule has 31 heavy (non-hydrogen) atoms. The van der Waals surface area contributed by atoms with Gasteiger partial charge in [-0.1, -0.05) is 29.8 Å². The first-order chi connectivity index (χ1) is 15.0. The van der Waals surface area contributed by atoms with Crippen molar-refractivity contribution in [2.45, 2.75) is 33.9 Å². The quantitative estimate of drug-likeness (QED) is 0.574. The fourth-order valence-corrected chi connectivity index (χ4v) is 3.74. The van der Waals surface area contributed by atoms with Gasteiger partial charge >= 0.3 is 0 Å². The molecule has 0 aliphatic carbocycles. The lowest BCUT2D eigenvalue weighted by Crippen LogP contribution is -2.49. The van der Waals surface area contributed by atoms with Crippen molar-refractivity contribution in [2.24, 2.45) is 0 Å². The number of piperazine rings is 1. The van der Waals surface area contributed by atoms with Crippen LogP contribution in [-0.2, 0) is 17.9 Å². The Balaban J connectivity index is 1.37.